The van der Waals surface area contributed by atoms with Crippen LogP contribution in [-0.2, 0) is 14.3 Å². The minimum atomic E-state index is -1.00. The molecule has 4 rings (SSSR count). The van der Waals surface area contributed by atoms with E-state index in [0.717, 1.165) is 47.4 Å². The molecule has 3 aromatic rings. The van der Waals surface area contributed by atoms with E-state index < -0.39 is 6.10 Å². The van der Waals surface area contributed by atoms with Gasteiger partial charge in [0, 0.05) is 83.1 Å². The first-order valence-corrected chi connectivity index (χ1v) is 14.0. The predicted octanol–water partition coefficient (Wildman–Crippen LogP) is 3.46. The Kier molecular flexibility index (Phi) is 10.9. The Morgan fingerprint density at radius 3 is 2.63 bits per heavy atom. The number of benzene rings is 1. The van der Waals surface area contributed by atoms with Gasteiger partial charge < -0.3 is 29.2 Å². The zero-order valence-corrected chi connectivity index (χ0v) is 24.0. The number of aromatic amines is 1. The van der Waals surface area contributed by atoms with Crippen molar-refractivity contribution in [2.75, 3.05) is 60.2 Å². The number of nitrogens with zero attached hydrogens (tertiary/aromatic N) is 4. The quantitative estimate of drug-likeness (QED) is 0.325. The zero-order valence-electron chi connectivity index (χ0n) is 24.0. The molecule has 10 heteroatoms. The van der Waals surface area contributed by atoms with E-state index in [0.29, 0.717) is 50.5 Å². The van der Waals surface area contributed by atoms with Gasteiger partial charge in [-0.2, -0.15) is 5.26 Å². The smallest absolute Gasteiger partial charge is 0.251 e. The number of fused-ring (bicyclic) bond motifs is 1. The number of aliphatic hydroxyl groups excluding tert-OH is 1. The van der Waals surface area contributed by atoms with Crippen LogP contribution in [0.3, 0.4) is 0 Å². The molecule has 0 spiro atoms. The lowest BCUT2D eigenvalue weighted by molar-refractivity contribution is -0.141. The maximum absolute atomic E-state index is 12.0. The average Bonchev–Trinajstić information content (AvgIpc) is 3.41. The molecule has 0 aliphatic carbocycles. The lowest BCUT2D eigenvalue weighted by Crippen LogP contribution is -2.45. The Morgan fingerprint density at radius 2 is 1.98 bits per heavy atom. The molecule has 1 amide bonds. The van der Waals surface area contributed by atoms with E-state index in [1.807, 2.05) is 30.6 Å². The van der Waals surface area contributed by atoms with E-state index in [4.69, 9.17) is 14.2 Å². The van der Waals surface area contributed by atoms with Crippen LogP contribution in [0.2, 0.25) is 0 Å². The molecule has 41 heavy (non-hydrogen) atoms. The van der Waals surface area contributed by atoms with E-state index >= 15 is 0 Å². The highest BCUT2D eigenvalue weighted by Gasteiger charge is 2.26. The Bertz CT molecular complexity index is 1360. The standard InChI is InChI=1S/C31H39N5O5/c1-22(37)31(38)36-11-8-26(9-12-36)41-29-7-6-24(18-25(29)19-32)28-21-34-30-27(28)17-23(20-33-30)5-4-10-35(13-15-39-2)14-16-40-3/h4-7,17-18,20-22,26,37H,8-16H2,1-3H3,(H,33,34)/b5-4+. The average molecular weight is 562 g/mol. The van der Waals surface area contributed by atoms with Crippen molar-refractivity contribution in [2.45, 2.75) is 32.0 Å². The second kappa shape index (κ2) is 14.8. The number of nitriles is 1. The van der Waals surface area contributed by atoms with Crippen LogP contribution in [0.4, 0.5) is 0 Å². The van der Waals surface area contributed by atoms with E-state index in [1.54, 1.807) is 19.1 Å². The van der Waals surface area contributed by atoms with Crippen LogP contribution in [0.25, 0.3) is 28.2 Å². The van der Waals surface area contributed by atoms with Crippen LogP contribution in [0.1, 0.15) is 30.9 Å². The second-order valence-corrected chi connectivity index (χ2v) is 10.2. The summed E-state index contributed by atoms with van der Waals surface area (Å²) >= 11 is 0. The molecule has 218 valence electrons. The maximum atomic E-state index is 12.0. The van der Waals surface area contributed by atoms with Crippen molar-refractivity contribution in [3.8, 4) is 22.9 Å². The van der Waals surface area contributed by atoms with Gasteiger partial charge in [-0.1, -0.05) is 18.2 Å². The van der Waals surface area contributed by atoms with E-state index in [-0.39, 0.29) is 12.0 Å². The molecule has 2 N–H and O–H groups in total. The molecule has 0 saturated carbocycles. The van der Waals surface area contributed by atoms with Crippen molar-refractivity contribution in [1.29, 1.82) is 5.26 Å². The fourth-order valence-electron chi connectivity index (χ4n) is 4.95. The summed E-state index contributed by atoms with van der Waals surface area (Å²) in [5.41, 5.74) is 4.06. The number of amides is 1. The van der Waals surface area contributed by atoms with Gasteiger partial charge in [0.1, 0.15) is 29.7 Å². The number of nitrogens with one attached hydrogen (secondary N) is 1. The number of aromatic nitrogens is 2. The number of aliphatic hydroxyl groups is 1. The number of hydrogen-bond donors (Lipinski definition) is 2. The topological polar surface area (TPSA) is 124 Å². The summed E-state index contributed by atoms with van der Waals surface area (Å²) in [6.07, 6.45) is 8.12. The van der Waals surface area contributed by atoms with Gasteiger partial charge in [-0.25, -0.2) is 4.98 Å². The van der Waals surface area contributed by atoms with Crippen molar-refractivity contribution in [3.63, 3.8) is 0 Å². The molecule has 0 bridgehead atoms. The normalized spacial score (nSPS) is 15.1. The van der Waals surface area contributed by atoms with Crippen LogP contribution in [-0.4, -0.2) is 103 Å². The van der Waals surface area contributed by atoms with Crippen LogP contribution >= 0.6 is 0 Å². The molecular formula is C31H39N5O5. The first-order valence-electron chi connectivity index (χ1n) is 14.0. The van der Waals surface area contributed by atoms with Gasteiger partial charge in [0.2, 0.25) is 0 Å². The summed E-state index contributed by atoms with van der Waals surface area (Å²) in [4.78, 5) is 23.8. The van der Waals surface area contributed by atoms with Gasteiger partial charge >= 0.3 is 0 Å². The minimum Gasteiger partial charge on any atom is -0.489 e. The third kappa shape index (κ3) is 7.93. The molecule has 1 aliphatic rings. The van der Waals surface area contributed by atoms with E-state index in [2.05, 4.69) is 39.2 Å². The maximum Gasteiger partial charge on any atom is 0.251 e. The number of likely N-dealkylation sites (tertiary alicyclic amines) is 1. The van der Waals surface area contributed by atoms with Gasteiger partial charge in [0.15, 0.2) is 0 Å². The largest absolute Gasteiger partial charge is 0.489 e. The van der Waals surface area contributed by atoms with E-state index in [9.17, 15) is 15.2 Å². The van der Waals surface area contributed by atoms with Crippen LogP contribution in [0, 0.1) is 11.3 Å². The van der Waals surface area contributed by atoms with Crippen molar-refractivity contribution >= 4 is 23.0 Å². The fraction of sp³-hybridized carbons (Fsp3) is 0.452. The Hall–Kier alpha value is -3.75. The molecule has 1 fully saturated rings. The molecule has 1 atom stereocenters. The molecular weight excluding hydrogens is 522 g/mol. The molecule has 2 aromatic heterocycles. The zero-order chi connectivity index (χ0) is 29.2. The second-order valence-electron chi connectivity index (χ2n) is 10.2. The van der Waals surface area contributed by atoms with Gasteiger partial charge in [-0.3, -0.25) is 9.69 Å². The number of methoxy groups -OCH3 is 2. The number of rotatable bonds is 13. The number of carbonyl (C=O) groups excluding carboxylic acids is 1. The number of piperidine rings is 1. The molecule has 3 heterocycles. The van der Waals surface area contributed by atoms with Crippen molar-refractivity contribution < 1.29 is 24.1 Å². The highest BCUT2D eigenvalue weighted by atomic mass is 16.5. The molecule has 1 aliphatic heterocycles. The summed E-state index contributed by atoms with van der Waals surface area (Å²) in [6, 6.07) is 10.0. The monoisotopic (exact) mass is 561 g/mol. The third-order valence-electron chi connectivity index (χ3n) is 7.27. The Morgan fingerprint density at radius 1 is 1.24 bits per heavy atom. The highest BCUT2D eigenvalue weighted by molar-refractivity contribution is 5.95. The summed E-state index contributed by atoms with van der Waals surface area (Å²) < 4.78 is 16.6. The van der Waals surface area contributed by atoms with E-state index in [1.165, 1.54) is 6.92 Å². The Balaban J connectivity index is 1.46. The predicted molar refractivity (Wildman–Crippen MR) is 157 cm³/mol. The summed E-state index contributed by atoms with van der Waals surface area (Å²) in [5, 5.41) is 20.4. The molecule has 1 saturated heterocycles. The molecule has 10 nitrogen and oxygen atoms in total. The number of pyridine rings is 1. The Labute approximate surface area is 241 Å². The first kappa shape index (κ1) is 30.2. The number of hydrogen-bond acceptors (Lipinski definition) is 8. The number of ether oxygens (including phenoxy) is 3. The van der Waals surface area contributed by atoms with Crippen LogP contribution < -0.4 is 4.74 Å². The lowest BCUT2D eigenvalue weighted by Gasteiger charge is -2.33. The molecule has 1 unspecified atom stereocenters. The lowest BCUT2D eigenvalue weighted by atomic mass is 10.0. The van der Waals surface area contributed by atoms with Crippen LogP contribution in [0.5, 0.6) is 5.75 Å². The number of H-pyrrole nitrogens is 1. The minimum absolute atomic E-state index is 0.0995. The summed E-state index contributed by atoms with van der Waals surface area (Å²) in [6.45, 7) is 6.27. The molecule has 1 aromatic carbocycles. The highest BCUT2D eigenvalue weighted by Crippen LogP contribution is 2.33. The van der Waals surface area contributed by atoms with Crippen molar-refractivity contribution in [3.05, 3.63) is 53.9 Å². The van der Waals surface area contributed by atoms with Gasteiger partial charge in [0.25, 0.3) is 5.91 Å². The third-order valence-corrected chi connectivity index (χ3v) is 7.27. The summed E-state index contributed by atoms with van der Waals surface area (Å²) in [7, 11) is 3.41. The van der Waals surface area contributed by atoms with Crippen molar-refractivity contribution in [2.24, 2.45) is 0 Å². The first-order chi connectivity index (χ1) is 19.9. The molecule has 0 radical (unpaired) electrons. The van der Waals surface area contributed by atoms with Crippen molar-refractivity contribution in [1.82, 2.24) is 19.8 Å². The van der Waals surface area contributed by atoms with Gasteiger partial charge in [-0.15, -0.1) is 0 Å². The van der Waals surface area contributed by atoms with Crippen LogP contribution in [0.15, 0.2) is 42.7 Å². The fourth-order valence-corrected chi connectivity index (χ4v) is 4.95. The number of carbonyl (C=O) groups is 1. The van der Waals surface area contributed by atoms with Gasteiger partial charge in [0.05, 0.1) is 18.8 Å². The van der Waals surface area contributed by atoms with Gasteiger partial charge in [-0.05, 0) is 36.2 Å². The summed E-state index contributed by atoms with van der Waals surface area (Å²) in [5.74, 6) is 0.271. The SMILES string of the molecule is COCCN(C/C=C/c1cnc2[nH]cc(-c3ccc(OC4CCN(C(=O)C(C)O)CC4)c(C#N)c3)c2c1)CCOC.